The second-order valence-electron chi connectivity index (χ2n) is 5.09. The monoisotopic (exact) mass is 281 g/mol. The van der Waals surface area contributed by atoms with Crippen molar-refractivity contribution in [3.05, 3.63) is 22.4 Å². The fourth-order valence-corrected chi connectivity index (χ4v) is 3.26. The molecule has 2 rings (SSSR count). The molecule has 0 radical (unpaired) electrons. The summed E-state index contributed by atoms with van der Waals surface area (Å²) in [7, 11) is 0. The van der Waals surface area contributed by atoms with Gasteiger partial charge in [-0.1, -0.05) is 6.07 Å². The van der Waals surface area contributed by atoms with Crippen LogP contribution >= 0.6 is 11.3 Å². The van der Waals surface area contributed by atoms with E-state index in [-0.39, 0.29) is 0 Å². The van der Waals surface area contributed by atoms with Crippen molar-refractivity contribution in [1.82, 2.24) is 4.90 Å². The van der Waals surface area contributed by atoms with Crippen molar-refractivity contribution in [2.24, 2.45) is 5.92 Å². The number of rotatable bonds is 6. The van der Waals surface area contributed by atoms with Crippen molar-refractivity contribution in [2.75, 3.05) is 26.3 Å². The van der Waals surface area contributed by atoms with Crippen LogP contribution in [0.1, 0.15) is 31.1 Å². The summed E-state index contributed by atoms with van der Waals surface area (Å²) in [6, 6.07) is 4.15. The third-order valence-electron chi connectivity index (χ3n) is 3.59. The third-order valence-corrected chi connectivity index (χ3v) is 4.53. The van der Waals surface area contributed by atoms with Crippen LogP contribution in [0.3, 0.4) is 0 Å². The number of amides is 1. The van der Waals surface area contributed by atoms with Gasteiger partial charge in [0.05, 0.1) is 6.61 Å². The summed E-state index contributed by atoms with van der Waals surface area (Å²) in [4.78, 5) is 15.5. The summed E-state index contributed by atoms with van der Waals surface area (Å²) < 4.78 is 5.48. The number of piperidine rings is 1. The molecule has 0 aliphatic carbocycles. The van der Waals surface area contributed by atoms with Crippen LogP contribution in [0.2, 0.25) is 0 Å². The van der Waals surface area contributed by atoms with Crippen LogP contribution in [-0.2, 0) is 16.0 Å². The van der Waals surface area contributed by atoms with Crippen molar-refractivity contribution < 1.29 is 9.53 Å². The number of nitrogens with zero attached hydrogens (tertiary/aromatic N) is 1. The molecule has 1 aromatic heterocycles. The average Bonchev–Trinajstić information content (AvgIpc) is 2.96. The van der Waals surface area contributed by atoms with E-state index < -0.39 is 0 Å². The summed E-state index contributed by atoms with van der Waals surface area (Å²) in [5, 5.41) is 2.07. The van der Waals surface area contributed by atoms with E-state index in [4.69, 9.17) is 4.74 Å². The maximum atomic E-state index is 12.2. The van der Waals surface area contributed by atoms with Crippen LogP contribution < -0.4 is 0 Å². The molecule has 1 amide bonds. The van der Waals surface area contributed by atoms with E-state index in [0.717, 1.165) is 39.1 Å². The van der Waals surface area contributed by atoms with Crippen LogP contribution in [0.4, 0.5) is 0 Å². The number of ether oxygens (including phenoxy) is 1. The van der Waals surface area contributed by atoms with Gasteiger partial charge in [0.25, 0.3) is 0 Å². The minimum absolute atomic E-state index is 0.301. The van der Waals surface area contributed by atoms with Gasteiger partial charge in [0.2, 0.25) is 5.91 Å². The molecule has 19 heavy (non-hydrogen) atoms. The van der Waals surface area contributed by atoms with E-state index in [1.165, 1.54) is 11.3 Å². The lowest BCUT2D eigenvalue weighted by atomic mass is 9.98. The third kappa shape index (κ3) is 4.62. The van der Waals surface area contributed by atoms with Crippen molar-refractivity contribution in [2.45, 2.75) is 32.6 Å². The van der Waals surface area contributed by atoms with Gasteiger partial charge in [-0.05, 0) is 43.6 Å². The van der Waals surface area contributed by atoms with E-state index in [0.29, 0.717) is 18.2 Å². The Bertz CT molecular complexity index is 378. The molecule has 1 aliphatic heterocycles. The standard InChI is InChI=1S/C15H23NO2S/c1-2-18-12-13-5-3-9-16(11-13)15(17)8-7-14-6-4-10-19-14/h4,6,10,13H,2-3,5,7-9,11-12H2,1H3. The summed E-state index contributed by atoms with van der Waals surface area (Å²) >= 11 is 1.73. The van der Waals surface area contributed by atoms with Crippen LogP contribution in [0.5, 0.6) is 0 Å². The van der Waals surface area contributed by atoms with E-state index in [9.17, 15) is 4.79 Å². The molecule has 0 aromatic carbocycles. The lowest BCUT2D eigenvalue weighted by Crippen LogP contribution is -2.41. The Morgan fingerprint density at radius 3 is 3.21 bits per heavy atom. The SMILES string of the molecule is CCOCC1CCCN(C(=O)CCc2cccs2)C1. The normalized spacial score (nSPS) is 19.6. The van der Waals surface area contributed by atoms with Gasteiger partial charge in [-0.2, -0.15) is 0 Å². The summed E-state index contributed by atoms with van der Waals surface area (Å²) in [6.45, 7) is 5.38. The minimum Gasteiger partial charge on any atom is -0.381 e. The predicted octanol–water partition coefficient (Wildman–Crippen LogP) is 2.96. The Labute approximate surface area is 119 Å². The zero-order valence-electron chi connectivity index (χ0n) is 11.6. The fourth-order valence-electron chi connectivity index (χ4n) is 2.56. The van der Waals surface area contributed by atoms with Crippen molar-refractivity contribution in [1.29, 1.82) is 0 Å². The van der Waals surface area contributed by atoms with Gasteiger partial charge in [-0.3, -0.25) is 4.79 Å². The number of hydrogen-bond acceptors (Lipinski definition) is 3. The molecule has 0 spiro atoms. The second-order valence-corrected chi connectivity index (χ2v) is 6.12. The largest absolute Gasteiger partial charge is 0.381 e. The molecule has 1 fully saturated rings. The summed E-state index contributed by atoms with van der Waals surface area (Å²) in [5.74, 6) is 0.828. The minimum atomic E-state index is 0.301. The Balaban J connectivity index is 1.75. The highest BCUT2D eigenvalue weighted by atomic mass is 32.1. The molecule has 0 bridgehead atoms. The highest BCUT2D eigenvalue weighted by Gasteiger charge is 2.23. The molecule has 4 heteroatoms. The highest BCUT2D eigenvalue weighted by Crippen LogP contribution is 2.19. The van der Waals surface area contributed by atoms with Gasteiger partial charge >= 0.3 is 0 Å². The number of hydrogen-bond donors (Lipinski definition) is 0. The van der Waals surface area contributed by atoms with Gasteiger partial charge in [-0.15, -0.1) is 11.3 Å². The molecule has 106 valence electrons. The van der Waals surface area contributed by atoms with Gasteiger partial charge in [0, 0.05) is 31.0 Å². The molecule has 1 aromatic rings. The van der Waals surface area contributed by atoms with Gasteiger partial charge < -0.3 is 9.64 Å². The Morgan fingerprint density at radius 1 is 1.58 bits per heavy atom. The number of thiophene rings is 1. The zero-order valence-corrected chi connectivity index (χ0v) is 12.5. The first-order valence-electron chi connectivity index (χ1n) is 7.17. The number of carbonyl (C=O) groups excluding carboxylic acids is 1. The molecule has 0 N–H and O–H groups in total. The fraction of sp³-hybridized carbons (Fsp3) is 0.667. The maximum Gasteiger partial charge on any atom is 0.222 e. The molecular weight excluding hydrogens is 258 g/mol. The van der Waals surface area contributed by atoms with Crippen molar-refractivity contribution in [3.63, 3.8) is 0 Å². The number of carbonyl (C=O) groups is 1. The first-order chi connectivity index (χ1) is 9.29. The average molecular weight is 281 g/mol. The Morgan fingerprint density at radius 2 is 2.47 bits per heavy atom. The first-order valence-corrected chi connectivity index (χ1v) is 8.05. The van der Waals surface area contributed by atoms with E-state index >= 15 is 0 Å². The van der Waals surface area contributed by atoms with E-state index in [1.807, 2.05) is 17.9 Å². The molecule has 1 aliphatic rings. The van der Waals surface area contributed by atoms with Crippen LogP contribution in [0.15, 0.2) is 17.5 Å². The number of likely N-dealkylation sites (tertiary alicyclic amines) is 1. The Hall–Kier alpha value is -0.870. The lowest BCUT2D eigenvalue weighted by Gasteiger charge is -2.32. The summed E-state index contributed by atoms with van der Waals surface area (Å²) in [6.07, 6.45) is 3.82. The molecule has 0 saturated carbocycles. The maximum absolute atomic E-state index is 12.2. The van der Waals surface area contributed by atoms with E-state index in [2.05, 4.69) is 11.4 Å². The summed E-state index contributed by atoms with van der Waals surface area (Å²) in [5.41, 5.74) is 0. The van der Waals surface area contributed by atoms with Crippen LogP contribution in [-0.4, -0.2) is 37.1 Å². The van der Waals surface area contributed by atoms with Crippen LogP contribution in [0.25, 0.3) is 0 Å². The first kappa shape index (κ1) is 14.5. The smallest absolute Gasteiger partial charge is 0.222 e. The predicted molar refractivity (Wildman–Crippen MR) is 78.4 cm³/mol. The number of aryl methyl sites for hydroxylation is 1. The van der Waals surface area contributed by atoms with Gasteiger partial charge in [-0.25, -0.2) is 0 Å². The zero-order chi connectivity index (χ0) is 13.5. The molecule has 3 nitrogen and oxygen atoms in total. The molecule has 1 saturated heterocycles. The quantitative estimate of drug-likeness (QED) is 0.802. The molecule has 1 atom stereocenters. The van der Waals surface area contributed by atoms with E-state index in [1.54, 1.807) is 11.3 Å². The highest BCUT2D eigenvalue weighted by molar-refractivity contribution is 7.09. The molecule has 2 heterocycles. The lowest BCUT2D eigenvalue weighted by molar-refractivity contribution is -0.133. The molecular formula is C15H23NO2S. The topological polar surface area (TPSA) is 29.5 Å². The Kier molecular flexibility index (Phi) is 5.86. The van der Waals surface area contributed by atoms with Gasteiger partial charge in [0.15, 0.2) is 0 Å². The van der Waals surface area contributed by atoms with Gasteiger partial charge in [0.1, 0.15) is 0 Å². The van der Waals surface area contributed by atoms with Crippen molar-refractivity contribution in [3.8, 4) is 0 Å². The van der Waals surface area contributed by atoms with Crippen molar-refractivity contribution >= 4 is 17.2 Å². The van der Waals surface area contributed by atoms with Crippen LogP contribution in [0, 0.1) is 5.92 Å². The molecule has 1 unspecified atom stereocenters. The second kappa shape index (κ2) is 7.65.